The molecule has 0 aromatic heterocycles. The molecule has 0 amide bonds. The predicted molar refractivity (Wildman–Crippen MR) is 47.3 cm³/mol. The van der Waals surface area contributed by atoms with Gasteiger partial charge in [-0.1, -0.05) is 0 Å². The van der Waals surface area contributed by atoms with Gasteiger partial charge in [-0.05, 0) is 0 Å². The molecule has 0 N–H and O–H groups in total. The number of hydrogen-bond acceptors (Lipinski definition) is 4. The number of rotatable bonds is 1. The van der Waals surface area contributed by atoms with E-state index < -0.39 is 5.97 Å². The summed E-state index contributed by atoms with van der Waals surface area (Å²) in [4.78, 5) is 16.8. The monoisotopic (exact) mass is 190 g/mol. The molecular formula is C8H6N4O2+2. The van der Waals surface area contributed by atoms with Gasteiger partial charge >= 0.3 is 17.3 Å². The van der Waals surface area contributed by atoms with Crippen LogP contribution >= 0.6 is 0 Å². The number of carbonyl (C=O) groups is 1. The smallest absolute Gasteiger partial charge is 0.394 e. The van der Waals surface area contributed by atoms with E-state index in [9.17, 15) is 4.79 Å². The van der Waals surface area contributed by atoms with Gasteiger partial charge in [0.1, 0.15) is 6.07 Å². The van der Waals surface area contributed by atoms with Crippen LogP contribution in [0.2, 0.25) is 0 Å². The zero-order valence-corrected chi connectivity index (χ0v) is 7.34. The average Bonchev–Trinajstić information content (AvgIpc) is 2.27. The Kier molecular flexibility index (Phi) is 2.72. The Morgan fingerprint density at radius 1 is 1.21 bits per heavy atom. The van der Waals surface area contributed by atoms with Crippen molar-refractivity contribution in [2.45, 2.75) is 0 Å². The van der Waals surface area contributed by atoms with Crippen LogP contribution in [0.4, 0.5) is 11.4 Å². The Morgan fingerprint density at radius 2 is 1.71 bits per heavy atom. The van der Waals surface area contributed by atoms with Crippen molar-refractivity contribution < 1.29 is 9.53 Å². The number of methoxy groups -OCH3 is 1. The van der Waals surface area contributed by atoms with Crippen molar-refractivity contribution in [3.8, 4) is 0 Å². The Labute approximate surface area is 79.4 Å². The summed E-state index contributed by atoms with van der Waals surface area (Å²) in [5, 5.41) is 17.0. The van der Waals surface area contributed by atoms with Crippen molar-refractivity contribution >= 4 is 17.3 Å². The van der Waals surface area contributed by atoms with E-state index in [1.165, 1.54) is 25.3 Å². The normalized spacial score (nSPS) is 8.50. The molecule has 0 saturated carbocycles. The fraction of sp³-hybridized carbons (Fsp3) is 0.125. The molecule has 6 heteroatoms. The lowest BCUT2D eigenvalue weighted by Crippen LogP contribution is -1.99. The van der Waals surface area contributed by atoms with Crippen molar-refractivity contribution in [2.75, 3.05) is 7.11 Å². The van der Waals surface area contributed by atoms with E-state index in [2.05, 4.69) is 14.7 Å². The van der Waals surface area contributed by atoms with Gasteiger partial charge in [0, 0.05) is 12.1 Å². The Hall–Kier alpha value is -2.47. The molecule has 6 nitrogen and oxygen atoms in total. The Balaban J connectivity index is 3.27. The number of ether oxygens (including phenoxy) is 1. The second-order valence-electron chi connectivity index (χ2n) is 2.43. The van der Waals surface area contributed by atoms with Gasteiger partial charge in [-0.2, -0.15) is 0 Å². The molecule has 0 atom stereocenters. The molecule has 0 radical (unpaired) electrons. The SMILES string of the molecule is COC(=O)c1cc([N+]#N)cc([N+]#N)c1. The van der Waals surface area contributed by atoms with E-state index in [0.717, 1.165) is 0 Å². The van der Waals surface area contributed by atoms with Gasteiger partial charge in [0.25, 0.3) is 0 Å². The summed E-state index contributed by atoms with van der Waals surface area (Å²) in [6, 6.07) is 3.91. The number of carbonyl (C=O) groups excluding carboxylic acids is 1. The summed E-state index contributed by atoms with van der Waals surface area (Å²) >= 11 is 0. The summed E-state index contributed by atoms with van der Waals surface area (Å²) in [5.74, 6) is -0.597. The Morgan fingerprint density at radius 3 is 2.07 bits per heavy atom. The quantitative estimate of drug-likeness (QED) is 0.503. The van der Waals surface area contributed by atoms with Crippen molar-refractivity contribution in [3.05, 3.63) is 33.7 Å². The maximum atomic E-state index is 11.1. The maximum absolute atomic E-state index is 11.1. The first-order chi connectivity index (χ1) is 6.71. The van der Waals surface area contributed by atoms with Crippen LogP contribution in [-0.2, 0) is 4.74 Å². The second-order valence-corrected chi connectivity index (χ2v) is 2.43. The summed E-state index contributed by atoms with van der Waals surface area (Å²) < 4.78 is 4.45. The minimum atomic E-state index is -0.597. The van der Waals surface area contributed by atoms with Crippen LogP contribution in [0.3, 0.4) is 0 Å². The first-order valence-corrected chi connectivity index (χ1v) is 3.65. The predicted octanol–water partition coefficient (Wildman–Crippen LogP) is 2.44. The molecule has 0 bridgehead atoms. The van der Waals surface area contributed by atoms with Crippen LogP contribution in [0, 0.1) is 10.8 Å². The third-order valence-corrected chi connectivity index (χ3v) is 1.55. The van der Waals surface area contributed by atoms with Gasteiger partial charge in [-0.3, -0.25) is 0 Å². The first-order valence-electron chi connectivity index (χ1n) is 3.65. The van der Waals surface area contributed by atoms with Gasteiger partial charge in [0.05, 0.1) is 12.7 Å². The first kappa shape index (κ1) is 9.62. The molecule has 68 valence electrons. The lowest BCUT2D eigenvalue weighted by molar-refractivity contribution is 0.0601. The van der Waals surface area contributed by atoms with Crippen molar-refractivity contribution in [1.29, 1.82) is 10.8 Å². The largest absolute Gasteiger partial charge is 0.465 e. The molecule has 0 unspecified atom stereocenters. The molecule has 0 aliphatic rings. The Bertz CT molecular complexity index is 423. The standard InChI is InChI=1S/C8H6N4O2/c1-14-8(13)5-2-6(11-9)4-7(3-5)12-10/h2-4H,1H3/q+2. The number of diazo groups is 2. The lowest BCUT2D eigenvalue weighted by atomic mass is 10.2. The van der Waals surface area contributed by atoms with Crippen molar-refractivity contribution in [1.82, 2.24) is 0 Å². The van der Waals surface area contributed by atoms with E-state index >= 15 is 0 Å². The molecule has 14 heavy (non-hydrogen) atoms. The topological polar surface area (TPSA) is 82.6 Å². The number of nitrogens with zero attached hydrogens (tertiary/aromatic N) is 4. The maximum Gasteiger partial charge on any atom is 0.394 e. The molecular weight excluding hydrogens is 184 g/mol. The van der Waals surface area contributed by atoms with E-state index in [1.807, 2.05) is 0 Å². The minimum Gasteiger partial charge on any atom is -0.465 e. The molecule has 0 spiro atoms. The van der Waals surface area contributed by atoms with Crippen molar-refractivity contribution in [3.63, 3.8) is 0 Å². The van der Waals surface area contributed by atoms with E-state index in [-0.39, 0.29) is 16.9 Å². The number of benzene rings is 1. The van der Waals surface area contributed by atoms with Gasteiger partial charge in [-0.15, -0.1) is 0 Å². The molecule has 0 aliphatic carbocycles. The van der Waals surface area contributed by atoms with Crippen LogP contribution in [0.15, 0.2) is 18.2 Å². The van der Waals surface area contributed by atoms with Crippen LogP contribution in [0.5, 0.6) is 0 Å². The van der Waals surface area contributed by atoms with Crippen LogP contribution in [-0.4, -0.2) is 13.1 Å². The fourth-order valence-electron chi connectivity index (χ4n) is 0.946. The lowest BCUT2D eigenvalue weighted by Gasteiger charge is -1.93. The summed E-state index contributed by atoms with van der Waals surface area (Å²) in [5.41, 5.74) is 0.372. The van der Waals surface area contributed by atoms with Crippen molar-refractivity contribution in [2.24, 2.45) is 0 Å². The zero-order chi connectivity index (χ0) is 10.6. The summed E-state index contributed by atoms with van der Waals surface area (Å²) in [6.45, 7) is 0. The molecule has 1 aromatic carbocycles. The van der Waals surface area contributed by atoms with Crippen LogP contribution in [0.1, 0.15) is 10.4 Å². The third kappa shape index (κ3) is 1.82. The molecule has 1 rings (SSSR count). The third-order valence-electron chi connectivity index (χ3n) is 1.55. The van der Waals surface area contributed by atoms with Gasteiger partial charge in [-0.25, -0.2) is 4.79 Å². The molecule has 0 saturated heterocycles. The second kappa shape index (κ2) is 3.97. The van der Waals surface area contributed by atoms with Crippen LogP contribution < -0.4 is 0 Å². The highest BCUT2D eigenvalue weighted by atomic mass is 16.5. The molecule has 0 aliphatic heterocycles. The average molecular weight is 190 g/mol. The summed E-state index contributed by atoms with van der Waals surface area (Å²) in [7, 11) is 1.22. The minimum absolute atomic E-state index is 0.112. The fourth-order valence-corrected chi connectivity index (χ4v) is 0.946. The van der Waals surface area contributed by atoms with Gasteiger partial charge in [0.2, 0.25) is 10.8 Å². The molecule has 1 aromatic rings. The highest BCUT2D eigenvalue weighted by molar-refractivity contribution is 5.92. The van der Waals surface area contributed by atoms with Gasteiger partial charge in [0.15, 0.2) is 9.95 Å². The van der Waals surface area contributed by atoms with Crippen LogP contribution in [0.25, 0.3) is 9.95 Å². The van der Waals surface area contributed by atoms with E-state index in [1.54, 1.807) is 0 Å². The number of esters is 1. The molecule has 0 heterocycles. The number of hydrogen-bond donors (Lipinski definition) is 0. The highest BCUT2D eigenvalue weighted by Crippen LogP contribution is 2.23. The highest BCUT2D eigenvalue weighted by Gasteiger charge is 2.20. The van der Waals surface area contributed by atoms with Gasteiger partial charge < -0.3 is 4.74 Å². The van der Waals surface area contributed by atoms with E-state index in [0.29, 0.717) is 0 Å². The summed E-state index contributed by atoms with van der Waals surface area (Å²) in [6.07, 6.45) is 0. The zero-order valence-electron chi connectivity index (χ0n) is 7.34. The van der Waals surface area contributed by atoms with E-state index in [4.69, 9.17) is 10.8 Å². The molecule has 0 fully saturated rings.